The van der Waals surface area contributed by atoms with E-state index in [9.17, 15) is 4.79 Å². The van der Waals surface area contributed by atoms with Gasteiger partial charge in [-0.15, -0.1) is 0 Å². The number of morpholine rings is 1. The van der Waals surface area contributed by atoms with Gasteiger partial charge in [0.05, 0.1) is 19.3 Å². The minimum Gasteiger partial charge on any atom is -0.378 e. The Morgan fingerprint density at radius 3 is 2.65 bits per heavy atom. The number of nitrogens with one attached hydrogen (secondary N) is 1. The van der Waals surface area contributed by atoms with Crippen LogP contribution in [-0.2, 0) is 16.0 Å². The van der Waals surface area contributed by atoms with Gasteiger partial charge in [0, 0.05) is 31.6 Å². The molecular formula is C19H26N4O3. The molecule has 1 amide bonds. The molecule has 2 heterocycles. The first kappa shape index (κ1) is 18.4. The van der Waals surface area contributed by atoms with Crippen LogP contribution in [0.15, 0.2) is 28.8 Å². The quantitative estimate of drug-likeness (QED) is 0.819. The fraction of sp³-hybridized carbons (Fsp3) is 0.526. The average Bonchev–Trinajstić information content (AvgIpc) is 3.07. The molecule has 1 fully saturated rings. The van der Waals surface area contributed by atoms with E-state index in [1.807, 2.05) is 6.92 Å². The summed E-state index contributed by atoms with van der Waals surface area (Å²) < 4.78 is 10.4. The summed E-state index contributed by atoms with van der Waals surface area (Å²) in [5.74, 6) is 1.24. The van der Waals surface area contributed by atoms with Gasteiger partial charge < -0.3 is 19.5 Å². The molecule has 0 aliphatic carbocycles. The number of carbonyl (C=O) groups is 1. The third-order valence-corrected chi connectivity index (χ3v) is 4.51. The first-order valence-electron chi connectivity index (χ1n) is 9.13. The number of amides is 1. The first-order chi connectivity index (χ1) is 12.6. The highest BCUT2D eigenvalue weighted by atomic mass is 16.5. The van der Waals surface area contributed by atoms with Gasteiger partial charge >= 0.3 is 0 Å². The summed E-state index contributed by atoms with van der Waals surface area (Å²) in [6.45, 7) is 7.18. The summed E-state index contributed by atoms with van der Waals surface area (Å²) in [4.78, 5) is 18.6. The first-order valence-corrected chi connectivity index (χ1v) is 9.13. The van der Waals surface area contributed by atoms with Crippen LogP contribution in [0, 0.1) is 6.92 Å². The van der Waals surface area contributed by atoms with Gasteiger partial charge in [0.15, 0.2) is 5.82 Å². The Morgan fingerprint density at radius 2 is 2.00 bits per heavy atom. The Kier molecular flexibility index (Phi) is 6.22. The number of benzene rings is 1. The second-order valence-corrected chi connectivity index (χ2v) is 6.57. The summed E-state index contributed by atoms with van der Waals surface area (Å²) in [6, 6.07) is 8.36. The van der Waals surface area contributed by atoms with E-state index in [4.69, 9.17) is 9.26 Å². The lowest BCUT2D eigenvalue weighted by atomic mass is 10.1. The zero-order chi connectivity index (χ0) is 18.4. The van der Waals surface area contributed by atoms with Crippen LogP contribution < -0.4 is 10.2 Å². The van der Waals surface area contributed by atoms with Crippen molar-refractivity contribution in [2.75, 3.05) is 31.2 Å². The van der Waals surface area contributed by atoms with E-state index in [0.717, 1.165) is 31.9 Å². The molecule has 1 aromatic carbocycles. The van der Waals surface area contributed by atoms with Gasteiger partial charge in [-0.1, -0.05) is 17.3 Å². The van der Waals surface area contributed by atoms with E-state index in [2.05, 4.69) is 44.6 Å². The Bertz CT molecular complexity index is 708. The molecule has 7 heteroatoms. The van der Waals surface area contributed by atoms with E-state index < -0.39 is 0 Å². The van der Waals surface area contributed by atoms with Crippen LogP contribution in [0.3, 0.4) is 0 Å². The highest BCUT2D eigenvalue weighted by Gasteiger charge is 2.13. The van der Waals surface area contributed by atoms with Crippen molar-refractivity contribution in [1.82, 2.24) is 15.5 Å². The molecule has 7 nitrogen and oxygen atoms in total. The molecule has 1 atom stereocenters. The molecule has 1 aromatic heterocycles. The van der Waals surface area contributed by atoms with Gasteiger partial charge in [-0.05, 0) is 38.0 Å². The number of rotatable bonds is 7. The topological polar surface area (TPSA) is 80.5 Å². The monoisotopic (exact) mass is 358 g/mol. The van der Waals surface area contributed by atoms with Crippen LogP contribution in [0.4, 0.5) is 5.69 Å². The molecule has 0 radical (unpaired) electrons. The van der Waals surface area contributed by atoms with Crippen LogP contribution in [0.25, 0.3) is 0 Å². The number of aromatic nitrogens is 2. The highest BCUT2D eigenvalue weighted by Crippen LogP contribution is 2.20. The van der Waals surface area contributed by atoms with Gasteiger partial charge in [-0.25, -0.2) is 0 Å². The van der Waals surface area contributed by atoms with Crippen LogP contribution in [0.5, 0.6) is 0 Å². The van der Waals surface area contributed by atoms with Gasteiger partial charge in [-0.3, -0.25) is 4.79 Å². The number of hydrogen-bond acceptors (Lipinski definition) is 6. The van der Waals surface area contributed by atoms with Crippen molar-refractivity contribution < 1.29 is 14.1 Å². The van der Waals surface area contributed by atoms with Crippen molar-refractivity contribution in [2.24, 2.45) is 0 Å². The van der Waals surface area contributed by atoms with Crippen molar-refractivity contribution in [3.63, 3.8) is 0 Å². The number of hydrogen-bond donors (Lipinski definition) is 1. The highest BCUT2D eigenvalue weighted by molar-refractivity contribution is 5.76. The molecule has 1 N–H and O–H groups in total. The lowest BCUT2D eigenvalue weighted by Gasteiger charge is -2.29. The number of aryl methyl sites for hydroxylation is 2. The Morgan fingerprint density at radius 1 is 1.27 bits per heavy atom. The number of ether oxygens (including phenoxy) is 1. The molecule has 140 valence electrons. The van der Waals surface area contributed by atoms with Gasteiger partial charge in [0.1, 0.15) is 0 Å². The summed E-state index contributed by atoms with van der Waals surface area (Å²) in [7, 11) is 0. The smallest absolute Gasteiger partial charge is 0.226 e. The summed E-state index contributed by atoms with van der Waals surface area (Å²) in [5.41, 5.74) is 2.30. The Hall–Kier alpha value is -2.41. The Labute approximate surface area is 153 Å². The van der Waals surface area contributed by atoms with Gasteiger partial charge in [-0.2, -0.15) is 4.98 Å². The van der Waals surface area contributed by atoms with E-state index in [-0.39, 0.29) is 11.9 Å². The predicted octanol–water partition coefficient (Wildman–Crippen LogP) is 2.41. The van der Waals surface area contributed by atoms with Crippen molar-refractivity contribution in [1.29, 1.82) is 0 Å². The molecule has 1 aliphatic heterocycles. The van der Waals surface area contributed by atoms with Gasteiger partial charge in [0.25, 0.3) is 0 Å². The summed E-state index contributed by atoms with van der Waals surface area (Å²) in [5, 5.41) is 6.79. The van der Waals surface area contributed by atoms with E-state index >= 15 is 0 Å². The van der Waals surface area contributed by atoms with Crippen molar-refractivity contribution >= 4 is 11.6 Å². The number of nitrogens with zero attached hydrogens (tertiary/aromatic N) is 3. The third kappa shape index (κ3) is 5.05. The second-order valence-electron chi connectivity index (χ2n) is 6.57. The fourth-order valence-electron chi connectivity index (χ4n) is 3.03. The molecule has 0 spiro atoms. The van der Waals surface area contributed by atoms with E-state index in [1.54, 1.807) is 6.92 Å². The van der Waals surface area contributed by atoms with Crippen molar-refractivity contribution in [3.05, 3.63) is 41.5 Å². The average molecular weight is 358 g/mol. The molecule has 0 saturated carbocycles. The lowest BCUT2D eigenvalue weighted by molar-refractivity contribution is -0.121. The lowest BCUT2D eigenvalue weighted by Crippen LogP contribution is -2.36. The second kappa shape index (κ2) is 8.80. The maximum Gasteiger partial charge on any atom is 0.226 e. The number of carbonyl (C=O) groups excluding carboxylic acids is 1. The molecule has 3 rings (SSSR count). The Balaban J connectivity index is 1.44. The predicted molar refractivity (Wildman–Crippen MR) is 98.0 cm³/mol. The maximum atomic E-state index is 12.1. The minimum absolute atomic E-state index is 0.0214. The van der Waals surface area contributed by atoms with Crippen LogP contribution in [0.2, 0.25) is 0 Å². The summed E-state index contributed by atoms with van der Waals surface area (Å²) in [6.07, 6.45) is 1.75. The van der Waals surface area contributed by atoms with E-state index in [0.29, 0.717) is 31.0 Å². The molecular weight excluding hydrogens is 332 g/mol. The standard InChI is InChI=1S/C19H26N4O3/c1-14(20-18(24)4-3-5-19-21-15(2)22-26-19)16-6-8-17(9-7-16)23-10-12-25-13-11-23/h6-9,14H,3-5,10-13H2,1-2H3,(H,20,24). The molecule has 1 saturated heterocycles. The zero-order valence-corrected chi connectivity index (χ0v) is 15.4. The van der Waals surface area contributed by atoms with Crippen molar-refractivity contribution in [2.45, 2.75) is 39.2 Å². The zero-order valence-electron chi connectivity index (χ0n) is 15.4. The third-order valence-electron chi connectivity index (χ3n) is 4.51. The number of anilines is 1. The summed E-state index contributed by atoms with van der Waals surface area (Å²) >= 11 is 0. The molecule has 2 aromatic rings. The maximum absolute atomic E-state index is 12.1. The van der Waals surface area contributed by atoms with Gasteiger partial charge in [0.2, 0.25) is 11.8 Å². The normalized spacial score (nSPS) is 15.7. The van der Waals surface area contributed by atoms with E-state index in [1.165, 1.54) is 5.69 Å². The molecule has 1 unspecified atom stereocenters. The largest absolute Gasteiger partial charge is 0.378 e. The van der Waals surface area contributed by atoms with Crippen molar-refractivity contribution in [3.8, 4) is 0 Å². The van der Waals surface area contributed by atoms with Crippen LogP contribution in [-0.4, -0.2) is 42.4 Å². The molecule has 0 bridgehead atoms. The molecule has 26 heavy (non-hydrogen) atoms. The minimum atomic E-state index is -0.0214. The van der Waals surface area contributed by atoms with Crippen LogP contribution >= 0.6 is 0 Å². The SMILES string of the molecule is Cc1noc(CCCC(=O)NC(C)c2ccc(N3CCOCC3)cc2)n1. The molecule has 1 aliphatic rings. The fourth-order valence-corrected chi connectivity index (χ4v) is 3.03. The van der Waals surface area contributed by atoms with Crippen LogP contribution in [0.1, 0.15) is 43.1 Å².